The van der Waals surface area contributed by atoms with Gasteiger partial charge in [-0.1, -0.05) is 0 Å². The second-order valence-corrected chi connectivity index (χ2v) is 1.00. The summed E-state index contributed by atoms with van der Waals surface area (Å²) in [6.45, 7) is 0. The van der Waals surface area contributed by atoms with Crippen LogP contribution >= 0.6 is 9.90 Å². The van der Waals surface area contributed by atoms with Crippen LogP contribution in [0.1, 0.15) is 6.42 Å². The first-order chi connectivity index (χ1) is 2.50. The summed E-state index contributed by atoms with van der Waals surface area (Å²) >= 11 is 0. The molecule has 0 aliphatic heterocycles. The average molecular weight is 218 g/mol. The Balaban J connectivity index is -0.0000000312. The van der Waals surface area contributed by atoms with Gasteiger partial charge in [-0.2, -0.15) is 16.0 Å². The molecule has 0 saturated carbocycles. The maximum atomic E-state index is 2.99. The van der Waals surface area contributed by atoms with Crippen molar-refractivity contribution in [3.8, 4) is 0 Å². The molecule has 0 N–H and O–H groups in total. The van der Waals surface area contributed by atoms with Gasteiger partial charge in [0.1, 0.15) is 0 Å². The van der Waals surface area contributed by atoms with Crippen molar-refractivity contribution < 1.29 is 46.5 Å². The second-order valence-electron chi connectivity index (χ2n) is 1.00. The maximum Gasteiger partial charge on any atom is 3.00 e. The molecule has 0 heterocycles. The Labute approximate surface area is 86.9 Å². The molecule has 9 heavy (non-hydrogen) atoms. The largest absolute Gasteiger partial charge is 3.00 e. The van der Waals surface area contributed by atoms with Gasteiger partial charge in [0.15, 0.2) is 0 Å². The van der Waals surface area contributed by atoms with E-state index in [1.807, 2.05) is 12.2 Å². The van der Waals surface area contributed by atoms with E-state index in [2.05, 4.69) is 12.2 Å². The van der Waals surface area contributed by atoms with Crippen LogP contribution < -0.4 is 24.8 Å². The van der Waals surface area contributed by atoms with Gasteiger partial charge in [0.2, 0.25) is 0 Å². The van der Waals surface area contributed by atoms with Crippen LogP contribution in [0, 0.1) is 6.08 Å². The summed E-state index contributed by atoms with van der Waals surface area (Å²) in [5, 5.41) is 0. The normalized spacial score (nSPS) is 9.78. The third-order valence-electron chi connectivity index (χ3n) is 0.586. The van der Waals surface area contributed by atoms with Crippen LogP contribution in [0.2, 0.25) is 0 Å². The van der Waals surface area contributed by atoms with Crippen molar-refractivity contribution >= 4 is 9.90 Å². The summed E-state index contributed by atoms with van der Waals surface area (Å²) < 4.78 is 0. The third kappa shape index (κ3) is 12.4. The predicted octanol–water partition coefficient (Wildman–Crippen LogP) is -4.63. The SMILES string of the molecule is P.[C-]1=CC=CC1.[Cl-].[Cl-].[Ti+3]. The quantitative estimate of drug-likeness (QED) is 0.218. The van der Waals surface area contributed by atoms with E-state index in [4.69, 9.17) is 0 Å². The van der Waals surface area contributed by atoms with Crippen LogP contribution in [0.3, 0.4) is 0 Å². The molecular weight excluding hydrogens is 210 g/mol. The molecule has 1 atom stereocenters. The number of rotatable bonds is 0. The van der Waals surface area contributed by atoms with Gasteiger partial charge in [-0.15, -0.1) is 6.42 Å². The van der Waals surface area contributed by atoms with E-state index >= 15 is 0 Å². The second kappa shape index (κ2) is 16.1. The molecular formula is C5H8Cl2PTi. The molecule has 0 amide bonds. The van der Waals surface area contributed by atoms with Gasteiger partial charge in [0.25, 0.3) is 0 Å². The monoisotopic (exact) mass is 217 g/mol. The molecule has 0 nitrogen and oxygen atoms in total. The molecule has 0 aromatic heterocycles. The number of allylic oxidation sites excluding steroid dienone is 4. The van der Waals surface area contributed by atoms with E-state index in [1.54, 1.807) is 0 Å². The van der Waals surface area contributed by atoms with Gasteiger partial charge in [0.05, 0.1) is 0 Å². The van der Waals surface area contributed by atoms with Gasteiger partial charge >= 0.3 is 21.7 Å². The molecule has 4 heteroatoms. The van der Waals surface area contributed by atoms with Crippen LogP contribution in [0.5, 0.6) is 0 Å². The van der Waals surface area contributed by atoms with E-state index in [9.17, 15) is 0 Å². The molecule has 0 bridgehead atoms. The van der Waals surface area contributed by atoms with E-state index in [0.29, 0.717) is 0 Å². The first-order valence-electron chi connectivity index (χ1n) is 1.72. The van der Waals surface area contributed by atoms with Crippen molar-refractivity contribution in [3.05, 3.63) is 24.3 Å². The predicted molar refractivity (Wildman–Crippen MR) is 32.7 cm³/mol. The van der Waals surface area contributed by atoms with E-state index < -0.39 is 0 Å². The van der Waals surface area contributed by atoms with Crippen LogP contribution in [-0.2, 0) is 21.7 Å². The molecule has 0 spiro atoms. The summed E-state index contributed by atoms with van der Waals surface area (Å²) in [6, 6.07) is 0. The van der Waals surface area contributed by atoms with Gasteiger partial charge < -0.3 is 24.8 Å². The van der Waals surface area contributed by atoms with Crippen molar-refractivity contribution in [2.24, 2.45) is 0 Å². The zero-order chi connectivity index (χ0) is 3.54. The fraction of sp³-hybridized carbons (Fsp3) is 0.200. The topological polar surface area (TPSA) is 0 Å². The molecule has 1 aliphatic rings. The Bertz CT molecular complexity index is 73.0. The minimum Gasteiger partial charge on any atom is -1.00 e. The molecule has 0 saturated heterocycles. The zero-order valence-corrected chi connectivity index (χ0v) is 9.39. The maximum absolute atomic E-state index is 2.99. The van der Waals surface area contributed by atoms with Gasteiger partial charge in [-0.3, -0.25) is 6.08 Å². The van der Waals surface area contributed by atoms with E-state index in [0.717, 1.165) is 6.42 Å². The van der Waals surface area contributed by atoms with Gasteiger partial charge in [-0.25, -0.2) is 12.2 Å². The molecule has 0 aromatic rings. The Hall–Kier alpha value is 1.20. The molecule has 1 unspecified atom stereocenters. The standard InChI is InChI=1S/C5H5.2ClH.H3P.Ti/c1-2-4-5-3-1;;;;/h1-3H,4H2;2*1H;1H3;/q-1;;;;+3/p-2. The Morgan fingerprint density at radius 2 is 1.78 bits per heavy atom. The summed E-state index contributed by atoms with van der Waals surface area (Å²) in [7, 11) is 0. The molecule has 0 aromatic carbocycles. The summed E-state index contributed by atoms with van der Waals surface area (Å²) in [5.74, 6) is 0. The average Bonchev–Trinajstić information content (AvgIpc) is 1.76. The van der Waals surface area contributed by atoms with E-state index in [-0.39, 0.29) is 56.4 Å². The molecule has 51 valence electrons. The molecule has 0 fully saturated rings. The minimum atomic E-state index is 0. The van der Waals surface area contributed by atoms with Crippen LogP contribution in [0.4, 0.5) is 0 Å². The third-order valence-corrected chi connectivity index (χ3v) is 0.586. The van der Waals surface area contributed by atoms with Crippen molar-refractivity contribution in [1.82, 2.24) is 0 Å². The van der Waals surface area contributed by atoms with Crippen molar-refractivity contribution in [3.63, 3.8) is 0 Å². The van der Waals surface area contributed by atoms with Crippen LogP contribution in [-0.4, -0.2) is 0 Å². The smallest absolute Gasteiger partial charge is 1.00 e. The Kier molecular flexibility index (Phi) is 40.2. The molecule has 1 rings (SSSR count). The first kappa shape index (κ1) is 22.5. The van der Waals surface area contributed by atoms with E-state index in [1.165, 1.54) is 0 Å². The number of halogens is 2. The Morgan fingerprint density at radius 1 is 1.22 bits per heavy atom. The van der Waals surface area contributed by atoms with Crippen LogP contribution in [0.15, 0.2) is 18.2 Å². The first-order valence-corrected chi connectivity index (χ1v) is 1.72. The molecule has 1 radical (unpaired) electrons. The van der Waals surface area contributed by atoms with Gasteiger partial charge in [-0.05, 0) is 0 Å². The Morgan fingerprint density at radius 3 is 1.89 bits per heavy atom. The minimum absolute atomic E-state index is 0. The summed E-state index contributed by atoms with van der Waals surface area (Å²) in [6.07, 6.45) is 10.0. The zero-order valence-electron chi connectivity index (χ0n) is 4.90. The van der Waals surface area contributed by atoms with Crippen molar-refractivity contribution in [2.45, 2.75) is 6.42 Å². The number of hydrogen-bond donors (Lipinski definition) is 0. The summed E-state index contributed by atoms with van der Waals surface area (Å²) in [5.41, 5.74) is 0. The fourth-order valence-electron chi connectivity index (χ4n) is 0.340. The van der Waals surface area contributed by atoms with Crippen molar-refractivity contribution in [1.29, 1.82) is 0 Å². The van der Waals surface area contributed by atoms with Crippen LogP contribution in [0.25, 0.3) is 0 Å². The fourth-order valence-corrected chi connectivity index (χ4v) is 0.340. The number of hydrogen-bond acceptors (Lipinski definition) is 0. The van der Waals surface area contributed by atoms with Gasteiger partial charge in [0, 0.05) is 0 Å². The van der Waals surface area contributed by atoms with Crippen molar-refractivity contribution in [2.75, 3.05) is 0 Å². The summed E-state index contributed by atoms with van der Waals surface area (Å²) in [4.78, 5) is 0. The molecule has 1 aliphatic carbocycles.